The number of carbonyl (C=O) groups is 3. The van der Waals surface area contributed by atoms with Crippen LogP contribution < -0.4 is 10.6 Å². The Kier molecular flexibility index (Phi) is 8.05. The maximum absolute atomic E-state index is 14.0. The molecule has 36 heavy (non-hydrogen) atoms. The van der Waals surface area contributed by atoms with Crippen LogP contribution >= 0.6 is 0 Å². The summed E-state index contributed by atoms with van der Waals surface area (Å²) in [5.41, 5.74) is -0.760. The second-order valence-electron chi connectivity index (χ2n) is 10.7. The minimum atomic E-state index is -1.00. The largest absolute Gasteiger partial charge is 0.396 e. The van der Waals surface area contributed by atoms with E-state index in [1.165, 1.54) is 0 Å². The van der Waals surface area contributed by atoms with Crippen LogP contribution in [0.25, 0.3) is 0 Å². The lowest BCUT2D eigenvalue weighted by Gasteiger charge is -2.34. The number of nitrogens with one attached hydrogen (secondary N) is 2. The third kappa shape index (κ3) is 4.54. The van der Waals surface area contributed by atoms with Crippen LogP contribution in [0.1, 0.15) is 71.3 Å². The maximum Gasteiger partial charge on any atom is 0.246 e. The third-order valence-electron chi connectivity index (χ3n) is 8.44. The minimum absolute atomic E-state index is 0.0175. The van der Waals surface area contributed by atoms with Crippen molar-refractivity contribution < 1.29 is 24.2 Å². The number of aliphatic hydroxyl groups is 1. The monoisotopic (exact) mass is 499 g/mol. The molecule has 0 aliphatic carbocycles. The van der Waals surface area contributed by atoms with E-state index in [1.807, 2.05) is 44.2 Å². The standard InChI is InChI=1S/C28H41N3O5/c1-4-11-19(3)30-25(34)23-28-15-14-27(5-2,36-28)21(22(28)26(35)31(23)16-9-10-17-32)24(33)29-18-20-12-7-6-8-13-20/h6-8,12-13,19,21-23,32H,4-5,9-11,14-18H2,1-3H3,(H,29,33)(H,30,34)/t19?,21-,22+,23?,27+,28?/m1/s1. The average molecular weight is 500 g/mol. The molecule has 8 nitrogen and oxygen atoms in total. The first-order chi connectivity index (χ1) is 17.3. The highest BCUT2D eigenvalue weighted by Crippen LogP contribution is 2.64. The first-order valence-electron chi connectivity index (χ1n) is 13.6. The smallest absolute Gasteiger partial charge is 0.246 e. The number of hydrogen-bond donors (Lipinski definition) is 3. The van der Waals surface area contributed by atoms with Gasteiger partial charge in [0, 0.05) is 25.7 Å². The lowest BCUT2D eigenvalue weighted by Crippen LogP contribution is -2.56. The lowest BCUT2D eigenvalue weighted by molar-refractivity contribution is -0.148. The fourth-order valence-electron chi connectivity index (χ4n) is 6.77. The molecule has 6 atom stereocenters. The predicted octanol–water partition coefficient (Wildman–Crippen LogP) is 2.53. The fraction of sp³-hybridized carbons (Fsp3) is 0.679. The van der Waals surface area contributed by atoms with Crippen LogP contribution in [-0.4, -0.2) is 64.2 Å². The van der Waals surface area contributed by atoms with Gasteiger partial charge in [-0.25, -0.2) is 0 Å². The molecule has 3 heterocycles. The Balaban J connectivity index is 1.64. The van der Waals surface area contributed by atoms with E-state index in [9.17, 15) is 19.5 Å². The number of benzene rings is 1. The number of carbonyl (C=O) groups excluding carboxylic acids is 3. The van der Waals surface area contributed by atoms with Gasteiger partial charge < -0.3 is 25.4 Å². The summed E-state index contributed by atoms with van der Waals surface area (Å²) < 4.78 is 6.76. The summed E-state index contributed by atoms with van der Waals surface area (Å²) in [5.74, 6) is -1.89. The van der Waals surface area contributed by atoms with Gasteiger partial charge in [-0.1, -0.05) is 50.6 Å². The van der Waals surface area contributed by atoms with Gasteiger partial charge in [0.2, 0.25) is 17.7 Å². The van der Waals surface area contributed by atoms with Crippen LogP contribution in [-0.2, 0) is 25.7 Å². The van der Waals surface area contributed by atoms with Crippen molar-refractivity contribution in [2.24, 2.45) is 11.8 Å². The van der Waals surface area contributed by atoms with Crippen LogP contribution in [0.5, 0.6) is 0 Å². The zero-order chi connectivity index (χ0) is 25.9. The Labute approximate surface area is 214 Å². The second-order valence-corrected chi connectivity index (χ2v) is 10.7. The van der Waals surface area contributed by atoms with Gasteiger partial charge in [0.1, 0.15) is 11.6 Å². The molecule has 3 amide bonds. The topological polar surface area (TPSA) is 108 Å². The summed E-state index contributed by atoms with van der Waals surface area (Å²) in [6, 6.07) is 8.91. The lowest BCUT2D eigenvalue weighted by atomic mass is 9.65. The molecule has 1 aromatic carbocycles. The summed E-state index contributed by atoms with van der Waals surface area (Å²) in [6.07, 6.45) is 4.75. The SMILES string of the molecule is CCCC(C)NC(=O)C1N(CCCCO)C(=O)[C@@H]2[C@H](C(=O)NCc3ccccc3)[C@]3(CC)CCC12O3. The van der Waals surface area contributed by atoms with Gasteiger partial charge in [0.15, 0.2) is 0 Å². The van der Waals surface area contributed by atoms with Gasteiger partial charge in [0.05, 0.1) is 17.4 Å². The minimum Gasteiger partial charge on any atom is -0.396 e. The molecular formula is C28H41N3O5. The molecule has 0 saturated carbocycles. The van der Waals surface area contributed by atoms with Crippen LogP contribution in [0.3, 0.4) is 0 Å². The zero-order valence-electron chi connectivity index (χ0n) is 21.8. The molecule has 0 aromatic heterocycles. The molecular weight excluding hydrogens is 458 g/mol. The summed E-state index contributed by atoms with van der Waals surface area (Å²) in [7, 11) is 0. The van der Waals surface area contributed by atoms with Crippen molar-refractivity contribution in [3.63, 3.8) is 0 Å². The van der Waals surface area contributed by atoms with Crippen molar-refractivity contribution in [3.8, 4) is 0 Å². The quantitative estimate of drug-likeness (QED) is 0.383. The Morgan fingerprint density at radius 3 is 2.58 bits per heavy atom. The number of hydrogen-bond acceptors (Lipinski definition) is 5. The van der Waals surface area contributed by atoms with E-state index in [0.29, 0.717) is 45.2 Å². The summed E-state index contributed by atoms with van der Waals surface area (Å²) in [6.45, 7) is 6.81. The van der Waals surface area contributed by atoms with Gasteiger partial charge in [-0.05, 0) is 51.0 Å². The summed E-state index contributed by atoms with van der Waals surface area (Å²) >= 11 is 0. The fourth-order valence-corrected chi connectivity index (χ4v) is 6.77. The van der Waals surface area contributed by atoms with Gasteiger partial charge in [-0.3, -0.25) is 14.4 Å². The Morgan fingerprint density at radius 2 is 1.92 bits per heavy atom. The third-order valence-corrected chi connectivity index (χ3v) is 8.44. The molecule has 3 saturated heterocycles. The van der Waals surface area contributed by atoms with E-state index in [4.69, 9.17) is 4.74 Å². The van der Waals surface area contributed by atoms with Crippen molar-refractivity contribution in [1.82, 2.24) is 15.5 Å². The predicted molar refractivity (Wildman–Crippen MR) is 136 cm³/mol. The van der Waals surface area contributed by atoms with E-state index in [-0.39, 0.29) is 30.4 Å². The number of fused-ring (bicyclic) bond motifs is 1. The van der Waals surface area contributed by atoms with Crippen molar-refractivity contribution in [2.75, 3.05) is 13.2 Å². The number of unbranched alkanes of at least 4 members (excludes halogenated alkanes) is 1. The van der Waals surface area contributed by atoms with Gasteiger partial charge in [-0.15, -0.1) is 0 Å². The summed E-state index contributed by atoms with van der Waals surface area (Å²) in [5, 5.41) is 15.5. The van der Waals surface area contributed by atoms with Gasteiger partial charge >= 0.3 is 0 Å². The molecule has 3 fully saturated rings. The number of likely N-dealkylation sites (tertiary alicyclic amines) is 1. The highest BCUT2D eigenvalue weighted by Gasteiger charge is 2.78. The molecule has 8 heteroatoms. The van der Waals surface area contributed by atoms with Crippen molar-refractivity contribution in [1.29, 1.82) is 0 Å². The van der Waals surface area contributed by atoms with Crippen molar-refractivity contribution >= 4 is 17.7 Å². The van der Waals surface area contributed by atoms with E-state index in [1.54, 1.807) is 4.90 Å². The molecule has 2 bridgehead atoms. The number of ether oxygens (including phenoxy) is 1. The molecule has 198 valence electrons. The maximum atomic E-state index is 14.0. The number of nitrogens with zero attached hydrogens (tertiary/aromatic N) is 1. The molecule has 3 aliphatic rings. The van der Waals surface area contributed by atoms with E-state index in [2.05, 4.69) is 17.6 Å². The average Bonchev–Trinajstić information content (AvgIpc) is 3.47. The first kappa shape index (κ1) is 26.6. The van der Waals surface area contributed by atoms with E-state index < -0.39 is 29.1 Å². The van der Waals surface area contributed by atoms with Gasteiger partial charge in [-0.2, -0.15) is 0 Å². The van der Waals surface area contributed by atoms with Crippen LogP contribution in [0.4, 0.5) is 0 Å². The molecule has 4 rings (SSSR count). The van der Waals surface area contributed by atoms with Crippen molar-refractivity contribution in [3.05, 3.63) is 35.9 Å². The molecule has 3 aliphatic heterocycles. The Bertz CT molecular complexity index is 956. The van der Waals surface area contributed by atoms with E-state index in [0.717, 1.165) is 18.4 Å². The molecule has 1 spiro atoms. The van der Waals surface area contributed by atoms with Crippen molar-refractivity contribution in [2.45, 2.75) is 95.5 Å². The number of rotatable bonds is 12. The second kappa shape index (κ2) is 10.9. The molecule has 3 unspecified atom stereocenters. The summed E-state index contributed by atoms with van der Waals surface area (Å²) in [4.78, 5) is 43.0. The van der Waals surface area contributed by atoms with Gasteiger partial charge in [0.25, 0.3) is 0 Å². The highest BCUT2D eigenvalue weighted by atomic mass is 16.5. The Hall–Kier alpha value is -2.45. The normalized spacial score (nSPS) is 31.4. The van der Waals surface area contributed by atoms with E-state index >= 15 is 0 Å². The molecule has 0 radical (unpaired) electrons. The molecule has 3 N–H and O–H groups in total. The number of aliphatic hydroxyl groups excluding tert-OH is 1. The number of amides is 3. The highest BCUT2D eigenvalue weighted by molar-refractivity contribution is 5.99. The molecule has 1 aromatic rings. The van der Waals surface area contributed by atoms with Crippen LogP contribution in [0, 0.1) is 11.8 Å². The van der Waals surface area contributed by atoms with Crippen LogP contribution in [0.15, 0.2) is 30.3 Å². The van der Waals surface area contributed by atoms with Crippen LogP contribution in [0.2, 0.25) is 0 Å². The Morgan fingerprint density at radius 1 is 1.17 bits per heavy atom. The zero-order valence-corrected chi connectivity index (χ0v) is 21.8. The first-order valence-corrected chi connectivity index (χ1v) is 13.6.